The number of fused-ring (bicyclic) bond motifs is 1. The van der Waals surface area contributed by atoms with Crippen molar-refractivity contribution in [3.63, 3.8) is 0 Å². The highest BCUT2D eigenvalue weighted by molar-refractivity contribution is 6.32. The summed E-state index contributed by atoms with van der Waals surface area (Å²) in [5, 5.41) is 0.452. The summed E-state index contributed by atoms with van der Waals surface area (Å²) in [6.07, 6.45) is 2.44. The maximum absolute atomic E-state index is 11.4. The van der Waals surface area contributed by atoms with Gasteiger partial charge in [-0.15, -0.1) is 0 Å². The minimum atomic E-state index is -0.367. The maximum atomic E-state index is 11.4. The Morgan fingerprint density at radius 2 is 2.31 bits per heavy atom. The van der Waals surface area contributed by atoms with Gasteiger partial charge in [-0.2, -0.15) is 0 Å². The van der Waals surface area contributed by atoms with Crippen molar-refractivity contribution in [1.82, 2.24) is 9.38 Å². The molecule has 0 unspecified atom stereocenters. The van der Waals surface area contributed by atoms with E-state index in [0.717, 1.165) is 17.8 Å². The van der Waals surface area contributed by atoms with Crippen LogP contribution in [0, 0.1) is 0 Å². The Bertz CT molecular complexity index is 548. The Labute approximate surface area is 97.8 Å². The highest BCUT2D eigenvalue weighted by Crippen LogP contribution is 2.19. The third-order valence-electron chi connectivity index (χ3n) is 2.40. The number of ether oxygens (including phenoxy) is 1. The summed E-state index contributed by atoms with van der Waals surface area (Å²) in [6, 6.07) is 3.44. The summed E-state index contributed by atoms with van der Waals surface area (Å²) < 4.78 is 6.47. The minimum Gasteiger partial charge on any atom is -0.465 e. The van der Waals surface area contributed by atoms with Crippen LogP contribution in [0.1, 0.15) is 23.1 Å². The molecule has 0 bridgehead atoms. The molecule has 0 saturated carbocycles. The Hall–Kier alpha value is -1.55. The van der Waals surface area contributed by atoms with Crippen LogP contribution < -0.4 is 0 Å². The zero-order chi connectivity index (χ0) is 11.7. The number of halogens is 1. The van der Waals surface area contributed by atoms with E-state index in [9.17, 15) is 4.79 Å². The molecular weight excluding hydrogens is 228 g/mol. The number of esters is 1. The SMILES string of the molecule is CCc1nc(Cl)c2ccc(C(=O)OC)cn12. The summed E-state index contributed by atoms with van der Waals surface area (Å²) in [6.45, 7) is 1.98. The van der Waals surface area contributed by atoms with Crippen LogP contribution in [-0.4, -0.2) is 22.5 Å². The number of aromatic nitrogens is 2. The van der Waals surface area contributed by atoms with E-state index in [1.54, 1.807) is 18.3 Å². The predicted molar refractivity (Wildman–Crippen MR) is 60.9 cm³/mol. The number of nitrogens with zero attached hydrogens (tertiary/aromatic N) is 2. The Kier molecular flexibility index (Phi) is 2.83. The zero-order valence-electron chi connectivity index (χ0n) is 9.03. The molecule has 5 heteroatoms. The number of hydrogen-bond acceptors (Lipinski definition) is 3. The van der Waals surface area contributed by atoms with Crippen LogP contribution in [0.15, 0.2) is 18.3 Å². The standard InChI is InChI=1S/C11H11ClN2O2/c1-3-9-13-10(12)8-5-4-7(6-14(8)9)11(15)16-2/h4-6H,3H2,1-2H3. The molecule has 0 aliphatic carbocycles. The topological polar surface area (TPSA) is 43.6 Å². The normalized spacial score (nSPS) is 10.7. The van der Waals surface area contributed by atoms with Crippen LogP contribution in [-0.2, 0) is 11.2 Å². The second-order valence-electron chi connectivity index (χ2n) is 3.34. The molecule has 0 amide bonds. The van der Waals surface area contributed by atoms with Crippen molar-refractivity contribution in [3.8, 4) is 0 Å². The van der Waals surface area contributed by atoms with Crippen LogP contribution in [0.3, 0.4) is 0 Å². The third kappa shape index (κ3) is 1.65. The van der Waals surface area contributed by atoms with Gasteiger partial charge in [0.1, 0.15) is 5.82 Å². The lowest BCUT2D eigenvalue weighted by Gasteiger charge is -2.02. The van der Waals surface area contributed by atoms with Crippen molar-refractivity contribution >= 4 is 23.1 Å². The monoisotopic (exact) mass is 238 g/mol. The summed E-state index contributed by atoms with van der Waals surface area (Å²) in [7, 11) is 1.36. The van der Waals surface area contributed by atoms with E-state index in [2.05, 4.69) is 9.72 Å². The number of pyridine rings is 1. The van der Waals surface area contributed by atoms with Crippen LogP contribution in [0.5, 0.6) is 0 Å². The number of carbonyl (C=O) groups excluding carboxylic acids is 1. The molecule has 0 aliphatic rings. The van der Waals surface area contributed by atoms with Crippen molar-refractivity contribution in [2.45, 2.75) is 13.3 Å². The number of imidazole rings is 1. The summed E-state index contributed by atoms with van der Waals surface area (Å²) in [5.41, 5.74) is 1.28. The molecule has 16 heavy (non-hydrogen) atoms. The first kappa shape index (κ1) is 11.0. The number of methoxy groups -OCH3 is 1. The highest BCUT2D eigenvalue weighted by atomic mass is 35.5. The van der Waals surface area contributed by atoms with Crippen LogP contribution >= 0.6 is 11.6 Å². The van der Waals surface area contributed by atoms with Crippen molar-refractivity contribution in [2.75, 3.05) is 7.11 Å². The fourth-order valence-electron chi connectivity index (χ4n) is 1.59. The van der Waals surface area contributed by atoms with Crippen LogP contribution in [0.2, 0.25) is 5.15 Å². The van der Waals surface area contributed by atoms with Gasteiger partial charge in [0, 0.05) is 12.6 Å². The number of aryl methyl sites for hydroxylation is 1. The van der Waals surface area contributed by atoms with E-state index in [0.29, 0.717) is 10.7 Å². The number of hydrogen-bond donors (Lipinski definition) is 0. The molecule has 2 rings (SSSR count). The molecular formula is C11H11ClN2O2. The molecule has 0 fully saturated rings. The van der Waals surface area contributed by atoms with Crippen LogP contribution in [0.25, 0.3) is 5.52 Å². The lowest BCUT2D eigenvalue weighted by atomic mass is 10.2. The molecule has 4 nitrogen and oxygen atoms in total. The molecule has 2 heterocycles. The van der Waals surface area contributed by atoms with Gasteiger partial charge in [0.2, 0.25) is 0 Å². The minimum absolute atomic E-state index is 0.367. The van der Waals surface area contributed by atoms with E-state index in [1.807, 2.05) is 11.3 Å². The second-order valence-corrected chi connectivity index (χ2v) is 3.70. The number of rotatable bonds is 2. The third-order valence-corrected chi connectivity index (χ3v) is 2.68. The van der Waals surface area contributed by atoms with E-state index >= 15 is 0 Å². The quantitative estimate of drug-likeness (QED) is 0.755. The largest absolute Gasteiger partial charge is 0.465 e. The molecule has 0 aliphatic heterocycles. The molecule has 0 saturated heterocycles. The molecule has 2 aromatic heterocycles. The van der Waals surface area contributed by atoms with E-state index in [-0.39, 0.29) is 5.97 Å². The van der Waals surface area contributed by atoms with E-state index in [4.69, 9.17) is 11.6 Å². The number of carbonyl (C=O) groups is 1. The van der Waals surface area contributed by atoms with E-state index < -0.39 is 0 Å². The van der Waals surface area contributed by atoms with Gasteiger partial charge in [-0.05, 0) is 12.1 Å². The van der Waals surface area contributed by atoms with Gasteiger partial charge >= 0.3 is 5.97 Å². The smallest absolute Gasteiger partial charge is 0.339 e. The Morgan fingerprint density at radius 3 is 2.94 bits per heavy atom. The fraction of sp³-hybridized carbons (Fsp3) is 0.273. The Morgan fingerprint density at radius 1 is 1.56 bits per heavy atom. The maximum Gasteiger partial charge on any atom is 0.339 e. The van der Waals surface area contributed by atoms with E-state index in [1.165, 1.54) is 7.11 Å². The summed E-state index contributed by atoms with van der Waals surface area (Å²) >= 11 is 5.97. The molecule has 0 spiro atoms. The predicted octanol–water partition coefficient (Wildman–Crippen LogP) is 2.34. The first-order valence-electron chi connectivity index (χ1n) is 4.92. The Balaban J connectivity index is 2.64. The molecule has 0 N–H and O–H groups in total. The highest BCUT2D eigenvalue weighted by Gasteiger charge is 2.11. The van der Waals surface area contributed by atoms with Crippen molar-refractivity contribution in [3.05, 3.63) is 34.9 Å². The molecule has 84 valence electrons. The lowest BCUT2D eigenvalue weighted by molar-refractivity contribution is 0.0600. The summed E-state index contributed by atoms with van der Waals surface area (Å²) in [5.74, 6) is 0.458. The van der Waals surface area contributed by atoms with Gasteiger partial charge in [-0.3, -0.25) is 0 Å². The zero-order valence-corrected chi connectivity index (χ0v) is 9.78. The molecule has 0 atom stereocenters. The van der Waals surface area contributed by atoms with Crippen molar-refractivity contribution in [2.24, 2.45) is 0 Å². The first-order valence-corrected chi connectivity index (χ1v) is 5.30. The van der Waals surface area contributed by atoms with Gasteiger partial charge in [0.25, 0.3) is 0 Å². The van der Waals surface area contributed by atoms with Gasteiger partial charge in [0.15, 0.2) is 5.15 Å². The first-order chi connectivity index (χ1) is 7.67. The molecule has 0 radical (unpaired) electrons. The average Bonchev–Trinajstić information content (AvgIpc) is 2.64. The van der Waals surface area contributed by atoms with Gasteiger partial charge in [-0.25, -0.2) is 9.78 Å². The summed E-state index contributed by atoms with van der Waals surface area (Å²) in [4.78, 5) is 15.6. The fourth-order valence-corrected chi connectivity index (χ4v) is 1.85. The van der Waals surface area contributed by atoms with Gasteiger partial charge in [-0.1, -0.05) is 18.5 Å². The van der Waals surface area contributed by atoms with Crippen LogP contribution in [0.4, 0.5) is 0 Å². The molecule has 0 aromatic carbocycles. The second kappa shape index (κ2) is 4.14. The average molecular weight is 239 g/mol. The van der Waals surface area contributed by atoms with Crippen molar-refractivity contribution < 1.29 is 9.53 Å². The molecule has 2 aromatic rings. The van der Waals surface area contributed by atoms with Crippen molar-refractivity contribution in [1.29, 1.82) is 0 Å². The van der Waals surface area contributed by atoms with Gasteiger partial charge in [0.05, 0.1) is 18.2 Å². The van der Waals surface area contributed by atoms with Gasteiger partial charge < -0.3 is 9.14 Å². The lowest BCUT2D eigenvalue weighted by Crippen LogP contribution is -2.03.